The van der Waals surface area contributed by atoms with E-state index in [4.69, 9.17) is 9.72 Å². The van der Waals surface area contributed by atoms with E-state index in [1.807, 2.05) is 70.2 Å². The highest BCUT2D eigenvalue weighted by molar-refractivity contribution is 7.18. The molecule has 0 spiro atoms. The minimum absolute atomic E-state index is 0.0522. The average Bonchev–Trinajstić information content (AvgIpc) is 3.60. The number of anilines is 1. The molecule has 1 aromatic carbocycles. The van der Waals surface area contributed by atoms with Gasteiger partial charge in [-0.3, -0.25) is 4.79 Å². The number of aromatic nitrogens is 2. The maximum atomic E-state index is 14.0. The number of ether oxygens (including phenoxy) is 1. The molecule has 4 aromatic rings. The zero-order chi connectivity index (χ0) is 26.9. The van der Waals surface area contributed by atoms with Crippen LogP contribution in [-0.4, -0.2) is 45.6 Å². The maximum Gasteiger partial charge on any atom is 0.348 e. The van der Waals surface area contributed by atoms with Crippen molar-refractivity contribution >= 4 is 34.5 Å². The second-order valence-corrected chi connectivity index (χ2v) is 11.9. The third kappa shape index (κ3) is 5.23. The van der Waals surface area contributed by atoms with Crippen LogP contribution < -0.4 is 4.90 Å². The fourth-order valence-corrected chi connectivity index (χ4v) is 6.87. The molecule has 2 fully saturated rings. The molecule has 6 rings (SSSR count). The van der Waals surface area contributed by atoms with Gasteiger partial charge in [-0.2, -0.15) is 0 Å². The van der Waals surface area contributed by atoms with Crippen LogP contribution in [0.4, 0.5) is 5.69 Å². The Balaban J connectivity index is 1.34. The predicted octanol–water partition coefficient (Wildman–Crippen LogP) is 6.77. The Morgan fingerprint density at radius 2 is 1.72 bits per heavy atom. The fourth-order valence-electron chi connectivity index (χ4n) is 5.88. The van der Waals surface area contributed by atoms with Crippen molar-refractivity contribution in [3.05, 3.63) is 65.8 Å². The number of carbonyl (C=O) groups is 2. The normalized spacial score (nSPS) is 20.2. The zero-order valence-corrected chi connectivity index (χ0v) is 22.9. The van der Waals surface area contributed by atoms with Gasteiger partial charge in [-0.05, 0) is 68.2 Å². The van der Waals surface area contributed by atoms with Crippen molar-refractivity contribution in [2.45, 2.75) is 51.5 Å². The van der Waals surface area contributed by atoms with E-state index in [0.717, 1.165) is 53.0 Å². The standard InChI is InChI=1S/C31H33N3O4S/c1-20-5-7-23(8-6-20)30(35)34(24-13-16-38-17-14-24)26-18-27(39-29(26)31(36)37)22-11-9-21(10-12-22)25-19-33-15-3-2-4-28(33)32-25/h2-4,9-12,15,18-20,23-24H,5-8,13-14,16-17H2,1H3,(H,36,37). The topological polar surface area (TPSA) is 84.1 Å². The van der Waals surface area contributed by atoms with Crippen molar-refractivity contribution in [3.8, 4) is 21.7 Å². The summed E-state index contributed by atoms with van der Waals surface area (Å²) in [6, 6.07) is 15.8. The van der Waals surface area contributed by atoms with Gasteiger partial charge in [0, 0.05) is 48.0 Å². The summed E-state index contributed by atoms with van der Waals surface area (Å²) < 4.78 is 7.57. The van der Waals surface area contributed by atoms with Gasteiger partial charge in [0.05, 0.1) is 11.4 Å². The lowest BCUT2D eigenvalue weighted by atomic mass is 9.82. The molecule has 202 valence electrons. The summed E-state index contributed by atoms with van der Waals surface area (Å²) in [4.78, 5) is 34.0. The van der Waals surface area contributed by atoms with E-state index < -0.39 is 5.97 Å². The maximum absolute atomic E-state index is 14.0. The summed E-state index contributed by atoms with van der Waals surface area (Å²) in [6.45, 7) is 3.41. The number of fused-ring (bicyclic) bond motifs is 1. The van der Waals surface area contributed by atoms with Crippen LogP contribution in [0, 0.1) is 11.8 Å². The molecule has 1 saturated heterocycles. The number of hydrogen-bond acceptors (Lipinski definition) is 5. The number of carboxylic acid groups (broad SMARTS) is 1. The van der Waals surface area contributed by atoms with Gasteiger partial charge in [0.15, 0.2) is 0 Å². The highest BCUT2D eigenvalue weighted by Crippen LogP contribution is 2.41. The molecular formula is C31H33N3O4S. The highest BCUT2D eigenvalue weighted by Gasteiger charge is 2.36. The largest absolute Gasteiger partial charge is 0.477 e. The Labute approximate surface area is 232 Å². The van der Waals surface area contributed by atoms with E-state index in [-0.39, 0.29) is 22.7 Å². The van der Waals surface area contributed by atoms with Crippen LogP contribution in [0.2, 0.25) is 0 Å². The van der Waals surface area contributed by atoms with Gasteiger partial charge in [-0.25, -0.2) is 9.78 Å². The molecule has 7 nitrogen and oxygen atoms in total. The van der Waals surface area contributed by atoms with Crippen LogP contribution in [0.1, 0.15) is 55.1 Å². The van der Waals surface area contributed by atoms with Gasteiger partial charge < -0.3 is 19.1 Å². The van der Waals surface area contributed by atoms with E-state index in [9.17, 15) is 14.7 Å². The molecule has 39 heavy (non-hydrogen) atoms. The lowest BCUT2D eigenvalue weighted by molar-refractivity contribution is -0.124. The lowest BCUT2D eigenvalue weighted by Gasteiger charge is -2.37. The number of thiophene rings is 1. The number of carboxylic acids is 1. The van der Waals surface area contributed by atoms with E-state index in [0.29, 0.717) is 37.7 Å². The van der Waals surface area contributed by atoms with Gasteiger partial charge in [0.1, 0.15) is 10.5 Å². The molecule has 3 aromatic heterocycles. The summed E-state index contributed by atoms with van der Waals surface area (Å²) in [5.41, 5.74) is 4.21. The van der Waals surface area contributed by atoms with E-state index in [1.165, 1.54) is 11.3 Å². The first-order valence-corrected chi connectivity index (χ1v) is 14.6. The Hall–Kier alpha value is -3.49. The fraction of sp³-hybridized carbons (Fsp3) is 0.387. The first-order valence-electron chi connectivity index (χ1n) is 13.8. The number of nitrogens with zero attached hydrogens (tertiary/aromatic N) is 3. The molecule has 0 atom stereocenters. The summed E-state index contributed by atoms with van der Waals surface area (Å²) in [6.07, 6.45) is 9.21. The number of pyridine rings is 1. The summed E-state index contributed by atoms with van der Waals surface area (Å²) in [5.74, 6) is -0.345. The number of rotatable bonds is 6. The molecule has 0 unspecified atom stereocenters. The number of amides is 1. The summed E-state index contributed by atoms with van der Waals surface area (Å²) in [5, 5.41) is 10.2. The molecule has 1 amide bonds. The van der Waals surface area contributed by atoms with Crippen LogP contribution in [0.25, 0.3) is 27.3 Å². The highest BCUT2D eigenvalue weighted by atomic mass is 32.1. The summed E-state index contributed by atoms with van der Waals surface area (Å²) in [7, 11) is 0. The number of hydrogen-bond donors (Lipinski definition) is 1. The smallest absolute Gasteiger partial charge is 0.348 e. The second kappa shape index (κ2) is 10.9. The van der Waals surface area contributed by atoms with Crippen molar-refractivity contribution in [1.82, 2.24) is 9.38 Å². The monoisotopic (exact) mass is 543 g/mol. The summed E-state index contributed by atoms with van der Waals surface area (Å²) >= 11 is 1.24. The van der Waals surface area contributed by atoms with Crippen LogP contribution >= 0.6 is 11.3 Å². The molecule has 8 heteroatoms. The average molecular weight is 544 g/mol. The Bertz CT molecular complexity index is 1440. The van der Waals surface area contributed by atoms with Crippen LogP contribution in [-0.2, 0) is 9.53 Å². The molecule has 0 radical (unpaired) electrons. The molecule has 2 aliphatic rings. The molecule has 1 N–H and O–H groups in total. The minimum atomic E-state index is -0.996. The van der Waals surface area contributed by atoms with Crippen molar-refractivity contribution in [1.29, 1.82) is 0 Å². The van der Waals surface area contributed by atoms with Crippen molar-refractivity contribution in [2.75, 3.05) is 18.1 Å². The van der Waals surface area contributed by atoms with E-state index >= 15 is 0 Å². The molecule has 4 heterocycles. The first kappa shape index (κ1) is 25.8. The number of imidazole rings is 1. The van der Waals surface area contributed by atoms with Gasteiger partial charge >= 0.3 is 5.97 Å². The molecule has 1 aliphatic carbocycles. The quantitative estimate of drug-likeness (QED) is 0.290. The SMILES string of the molecule is CC1CCC(C(=O)N(c2cc(-c3ccc(-c4cn5ccccc5n4)cc3)sc2C(=O)O)C2CCOCC2)CC1. The van der Waals surface area contributed by atoms with Crippen LogP contribution in [0.5, 0.6) is 0 Å². The van der Waals surface area contributed by atoms with Gasteiger partial charge in [0.25, 0.3) is 0 Å². The van der Waals surface area contributed by atoms with Crippen molar-refractivity contribution in [2.24, 2.45) is 11.8 Å². The van der Waals surface area contributed by atoms with E-state index in [2.05, 4.69) is 6.92 Å². The van der Waals surface area contributed by atoms with Crippen molar-refractivity contribution in [3.63, 3.8) is 0 Å². The molecular weight excluding hydrogens is 510 g/mol. The third-order valence-corrected chi connectivity index (χ3v) is 9.32. The Kier molecular flexibility index (Phi) is 7.23. The van der Waals surface area contributed by atoms with Crippen LogP contribution in [0.3, 0.4) is 0 Å². The van der Waals surface area contributed by atoms with Crippen LogP contribution in [0.15, 0.2) is 60.9 Å². The molecule has 1 saturated carbocycles. The second-order valence-electron chi connectivity index (χ2n) is 10.8. The third-order valence-electron chi connectivity index (χ3n) is 8.15. The zero-order valence-electron chi connectivity index (χ0n) is 22.1. The number of benzene rings is 1. The van der Waals surface area contributed by atoms with Gasteiger partial charge in [-0.1, -0.05) is 37.3 Å². The van der Waals surface area contributed by atoms with Gasteiger partial charge in [0.2, 0.25) is 5.91 Å². The number of aromatic carboxylic acids is 1. The first-order chi connectivity index (χ1) is 19.0. The number of carbonyl (C=O) groups excluding carboxylic acids is 1. The predicted molar refractivity (Wildman–Crippen MR) is 153 cm³/mol. The Morgan fingerprint density at radius 1 is 1.00 bits per heavy atom. The lowest BCUT2D eigenvalue weighted by Crippen LogP contribution is -2.47. The van der Waals surface area contributed by atoms with Crippen molar-refractivity contribution < 1.29 is 19.4 Å². The molecule has 0 bridgehead atoms. The Morgan fingerprint density at radius 3 is 2.41 bits per heavy atom. The molecule has 1 aliphatic heterocycles. The van der Waals surface area contributed by atoms with Gasteiger partial charge in [-0.15, -0.1) is 11.3 Å². The van der Waals surface area contributed by atoms with E-state index in [1.54, 1.807) is 0 Å². The minimum Gasteiger partial charge on any atom is -0.477 e.